The molecule has 1 aliphatic carbocycles. The number of fused-ring (bicyclic) bond motifs is 1. The summed E-state index contributed by atoms with van der Waals surface area (Å²) in [6, 6.07) is 4.66. The van der Waals surface area contributed by atoms with E-state index in [9.17, 15) is 0 Å². The van der Waals surface area contributed by atoms with Crippen molar-refractivity contribution in [3.63, 3.8) is 0 Å². The van der Waals surface area contributed by atoms with Gasteiger partial charge in [0.25, 0.3) is 0 Å². The van der Waals surface area contributed by atoms with Crippen molar-refractivity contribution in [3.05, 3.63) is 35.1 Å². The lowest BCUT2D eigenvalue weighted by molar-refractivity contribution is 0.196. The van der Waals surface area contributed by atoms with E-state index in [2.05, 4.69) is 42.9 Å². The first-order valence-corrected chi connectivity index (χ1v) is 9.67. The zero-order chi connectivity index (χ0) is 16.8. The molecular weight excluding hydrogens is 334 g/mol. The Balaban J connectivity index is 1.28. The van der Waals surface area contributed by atoms with Crippen LogP contribution in [-0.4, -0.2) is 55.3 Å². The van der Waals surface area contributed by atoms with Crippen LogP contribution in [0.15, 0.2) is 23.7 Å². The molecule has 1 aliphatic heterocycles. The van der Waals surface area contributed by atoms with Crippen LogP contribution < -0.4 is 4.90 Å². The standard InChI is InChI=1S/C17H21N7S/c1-22(8-12-7-18-25-11-12)14-9-23(10-14)16-6-5-15-19-20-17(24(15)21-16)13-3-2-4-13/h5-7,11,13-14H,2-4,8-10H2,1H3. The molecule has 4 heterocycles. The monoisotopic (exact) mass is 355 g/mol. The third kappa shape index (κ3) is 2.69. The zero-order valence-corrected chi connectivity index (χ0v) is 15.1. The van der Waals surface area contributed by atoms with E-state index >= 15 is 0 Å². The molecule has 0 unspecified atom stereocenters. The summed E-state index contributed by atoms with van der Waals surface area (Å²) in [5.74, 6) is 2.59. The first-order chi connectivity index (χ1) is 12.3. The van der Waals surface area contributed by atoms with E-state index < -0.39 is 0 Å². The van der Waals surface area contributed by atoms with Crippen molar-refractivity contribution in [1.82, 2.24) is 29.1 Å². The van der Waals surface area contributed by atoms with Crippen molar-refractivity contribution in [2.24, 2.45) is 0 Å². The Labute approximate surface area is 150 Å². The van der Waals surface area contributed by atoms with Gasteiger partial charge in [0.15, 0.2) is 11.5 Å². The second kappa shape index (κ2) is 6.03. The smallest absolute Gasteiger partial charge is 0.178 e. The highest BCUT2D eigenvalue weighted by Gasteiger charge is 2.32. The molecule has 2 fully saturated rings. The van der Waals surface area contributed by atoms with Crippen LogP contribution in [0.4, 0.5) is 5.82 Å². The number of likely N-dealkylation sites (N-methyl/N-ethyl adjacent to an activating group) is 1. The van der Waals surface area contributed by atoms with Gasteiger partial charge in [-0.1, -0.05) is 6.42 Å². The quantitative estimate of drug-likeness (QED) is 0.699. The maximum Gasteiger partial charge on any atom is 0.178 e. The summed E-state index contributed by atoms with van der Waals surface area (Å²) < 4.78 is 6.13. The van der Waals surface area contributed by atoms with Crippen molar-refractivity contribution in [2.45, 2.75) is 37.8 Å². The van der Waals surface area contributed by atoms with Crippen molar-refractivity contribution >= 4 is 23.0 Å². The molecule has 1 saturated heterocycles. The van der Waals surface area contributed by atoms with Crippen molar-refractivity contribution < 1.29 is 0 Å². The van der Waals surface area contributed by atoms with Gasteiger partial charge in [-0.2, -0.15) is 4.52 Å². The SMILES string of the molecule is CN(Cc1cnsc1)C1CN(c2ccc3nnc(C4CCC4)n3n2)C1. The fourth-order valence-corrected chi connectivity index (χ4v) is 4.06. The van der Waals surface area contributed by atoms with Crippen LogP contribution in [0.2, 0.25) is 0 Å². The minimum atomic E-state index is 0.534. The number of rotatable bonds is 5. The lowest BCUT2D eigenvalue weighted by Crippen LogP contribution is -2.58. The fourth-order valence-electron chi connectivity index (χ4n) is 3.53. The van der Waals surface area contributed by atoms with E-state index in [-0.39, 0.29) is 0 Å². The molecule has 0 atom stereocenters. The van der Waals surface area contributed by atoms with Gasteiger partial charge in [-0.3, -0.25) is 4.90 Å². The Bertz CT molecular complexity index is 864. The van der Waals surface area contributed by atoms with E-state index in [1.54, 1.807) is 0 Å². The molecule has 3 aromatic rings. The molecule has 7 nitrogen and oxygen atoms in total. The van der Waals surface area contributed by atoms with E-state index in [0.717, 1.165) is 36.9 Å². The average Bonchev–Trinajstić information content (AvgIpc) is 3.14. The van der Waals surface area contributed by atoms with Crippen LogP contribution >= 0.6 is 11.5 Å². The molecule has 3 aromatic heterocycles. The van der Waals surface area contributed by atoms with Crippen LogP contribution in [0.5, 0.6) is 0 Å². The van der Waals surface area contributed by atoms with Gasteiger partial charge >= 0.3 is 0 Å². The van der Waals surface area contributed by atoms with Crippen LogP contribution in [0.1, 0.15) is 36.6 Å². The topological polar surface area (TPSA) is 62.5 Å². The van der Waals surface area contributed by atoms with Crippen LogP contribution in [-0.2, 0) is 6.54 Å². The maximum absolute atomic E-state index is 4.82. The summed E-state index contributed by atoms with van der Waals surface area (Å²) in [5, 5.41) is 15.6. The summed E-state index contributed by atoms with van der Waals surface area (Å²) >= 11 is 1.52. The molecule has 0 spiro atoms. The average molecular weight is 355 g/mol. The minimum Gasteiger partial charge on any atom is -0.352 e. The van der Waals surface area contributed by atoms with Gasteiger partial charge in [0, 0.05) is 43.2 Å². The summed E-state index contributed by atoms with van der Waals surface area (Å²) in [6.07, 6.45) is 5.67. The van der Waals surface area contributed by atoms with Crippen LogP contribution in [0.3, 0.4) is 0 Å². The second-order valence-electron chi connectivity index (χ2n) is 7.15. The Hall–Kier alpha value is -2.06. The third-order valence-electron chi connectivity index (χ3n) is 5.47. The highest BCUT2D eigenvalue weighted by atomic mass is 32.1. The predicted octanol–water partition coefficient (Wildman–Crippen LogP) is 2.17. The summed E-state index contributed by atoms with van der Waals surface area (Å²) in [4.78, 5) is 4.73. The third-order valence-corrected chi connectivity index (χ3v) is 6.10. The Morgan fingerprint density at radius 3 is 2.84 bits per heavy atom. The molecule has 5 rings (SSSR count). The molecule has 8 heteroatoms. The van der Waals surface area contributed by atoms with Gasteiger partial charge < -0.3 is 4.90 Å². The highest BCUT2D eigenvalue weighted by molar-refractivity contribution is 7.03. The largest absolute Gasteiger partial charge is 0.352 e. The molecule has 130 valence electrons. The van der Waals surface area contributed by atoms with E-state index in [4.69, 9.17) is 5.10 Å². The number of aromatic nitrogens is 5. The van der Waals surface area contributed by atoms with Crippen molar-refractivity contribution in [2.75, 3.05) is 25.0 Å². The minimum absolute atomic E-state index is 0.534. The van der Waals surface area contributed by atoms with Crippen LogP contribution in [0, 0.1) is 0 Å². The summed E-state index contributed by atoms with van der Waals surface area (Å²) in [5.41, 5.74) is 2.14. The normalized spacial score (nSPS) is 18.7. The number of nitrogens with zero attached hydrogens (tertiary/aromatic N) is 7. The van der Waals surface area contributed by atoms with E-state index in [1.807, 2.05) is 16.8 Å². The van der Waals surface area contributed by atoms with Crippen LogP contribution in [0.25, 0.3) is 5.65 Å². The maximum atomic E-state index is 4.82. The van der Waals surface area contributed by atoms with Gasteiger partial charge in [0.2, 0.25) is 0 Å². The van der Waals surface area contributed by atoms with Gasteiger partial charge in [-0.05, 0) is 49.1 Å². The molecular formula is C17H21N7S. The number of hydrogen-bond acceptors (Lipinski definition) is 7. The van der Waals surface area contributed by atoms with E-state index in [0.29, 0.717) is 12.0 Å². The zero-order valence-electron chi connectivity index (χ0n) is 14.2. The van der Waals surface area contributed by atoms with Crippen molar-refractivity contribution in [1.29, 1.82) is 0 Å². The predicted molar refractivity (Wildman–Crippen MR) is 97.0 cm³/mol. The lowest BCUT2D eigenvalue weighted by Gasteiger charge is -2.44. The Kier molecular flexibility index (Phi) is 3.67. The van der Waals surface area contributed by atoms with Gasteiger partial charge in [0.05, 0.1) is 0 Å². The van der Waals surface area contributed by atoms with Crippen molar-refractivity contribution in [3.8, 4) is 0 Å². The number of hydrogen-bond donors (Lipinski definition) is 0. The lowest BCUT2D eigenvalue weighted by atomic mass is 9.85. The Morgan fingerprint density at radius 1 is 1.24 bits per heavy atom. The van der Waals surface area contributed by atoms with E-state index in [1.165, 1.54) is 36.4 Å². The molecule has 0 amide bonds. The summed E-state index contributed by atoms with van der Waals surface area (Å²) in [6.45, 7) is 2.97. The Morgan fingerprint density at radius 2 is 2.12 bits per heavy atom. The molecule has 0 radical (unpaired) electrons. The highest BCUT2D eigenvalue weighted by Crippen LogP contribution is 2.35. The molecule has 2 aliphatic rings. The first kappa shape index (κ1) is 15.2. The molecule has 1 saturated carbocycles. The fraction of sp³-hybridized carbons (Fsp3) is 0.529. The second-order valence-corrected chi connectivity index (χ2v) is 7.81. The molecule has 0 bridgehead atoms. The molecule has 0 aromatic carbocycles. The van der Waals surface area contributed by atoms with Gasteiger partial charge in [-0.15, -0.1) is 15.3 Å². The number of anilines is 1. The molecule has 0 N–H and O–H groups in total. The van der Waals surface area contributed by atoms with Gasteiger partial charge in [0.1, 0.15) is 5.82 Å². The molecule has 25 heavy (non-hydrogen) atoms. The first-order valence-electron chi connectivity index (χ1n) is 8.84. The van der Waals surface area contributed by atoms with Gasteiger partial charge in [-0.25, -0.2) is 4.37 Å². The summed E-state index contributed by atoms with van der Waals surface area (Å²) in [7, 11) is 2.19.